The number of nitrogens with zero attached hydrogens (tertiary/aromatic N) is 2. The Morgan fingerprint density at radius 1 is 1.20 bits per heavy atom. The predicted molar refractivity (Wildman–Crippen MR) is 107 cm³/mol. The topological polar surface area (TPSA) is 106 Å². The molecule has 0 fully saturated rings. The fraction of sp³-hybridized carbons (Fsp3) is 0.318. The number of hydrogen-bond acceptors (Lipinski definition) is 5. The van der Waals surface area contributed by atoms with Gasteiger partial charge in [0.15, 0.2) is 17.7 Å². The molecule has 0 spiro atoms. The summed E-state index contributed by atoms with van der Waals surface area (Å²) in [4.78, 5) is 23.8. The second-order valence-electron chi connectivity index (χ2n) is 6.98. The van der Waals surface area contributed by atoms with Crippen molar-refractivity contribution in [3.8, 4) is 17.1 Å². The number of phenols is 1. The molecule has 3 aromatic rings. The number of benzene rings is 1. The minimum absolute atomic E-state index is 0.00250. The fourth-order valence-corrected chi connectivity index (χ4v) is 3.36. The molecule has 1 unspecified atom stereocenters. The van der Waals surface area contributed by atoms with Crippen LogP contribution in [-0.2, 0) is 30.6 Å². The van der Waals surface area contributed by atoms with Gasteiger partial charge in [0, 0.05) is 42.9 Å². The first kappa shape index (κ1) is 21.3. The number of carbonyl (C=O) groups excluding carboxylic acids is 1. The van der Waals surface area contributed by atoms with Crippen molar-refractivity contribution in [1.29, 1.82) is 0 Å². The van der Waals surface area contributed by atoms with Gasteiger partial charge in [0.05, 0.1) is 11.3 Å². The molecule has 2 N–H and O–H groups in total. The van der Waals surface area contributed by atoms with Crippen LogP contribution in [0.5, 0.6) is 5.75 Å². The van der Waals surface area contributed by atoms with Gasteiger partial charge in [-0.15, -0.1) is 0 Å². The van der Waals surface area contributed by atoms with Crippen LogP contribution in [0.3, 0.4) is 0 Å². The van der Waals surface area contributed by atoms with Crippen LogP contribution in [-0.4, -0.2) is 37.9 Å². The number of hydrogen-bond donors (Lipinski definition) is 2. The number of Topliss-reactive ketones (excluding diaryl/α,β-unsaturated/α-hetero) is 1. The van der Waals surface area contributed by atoms with E-state index in [4.69, 9.17) is 4.52 Å². The molecular formula is C22H23FN2O5. The van der Waals surface area contributed by atoms with Gasteiger partial charge >= 0.3 is 5.97 Å². The highest BCUT2D eigenvalue weighted by molar-refractivity contribution is 5.93. The van der Waals surface area contributed by atoms with Crippen molar-refractivity contribution < 1.29 is 28.7 Å². The Balaban J connectivity index is 1.77. The molecule has 2 heterocycles. The normalized spacial score (nSPS) is 12.1. The van der Waals surface area contributed by atoms with Gasteiger partial charge in [0.1, 0.15) is 5.75 Å². The van der Waals surface area contributed by atoms with Crippen molar-refractivity contribution in [2.75, 3.05) is 0 Å². The van der Waals surface area contributed by atoms with Crippen molar-refractivity contribution >= 4 is 11.8 Å². The van der Waals surface area contributed by atoms with Gasteiger partial charge in [-0.25, -0.2) is 9.18 Å². The first-order valence-corrected chi connectivity index (χ1v) is 9.69. The van der Waals surface area contributed by atoms with Gasteiger partial charge in [0.25, 0.3) is 0 Å². The van der Waals surface area contributed by atoms with E-state index in [1.54, 1.807) is 22.9 Å². The number of rotatable bonds is 9. The average molecular weight is 414 g/mol. The quantitative estimate of drug-likeness (QED) is 0.551. The number of carbonyl (C=O) groups is 2. The molecule has 0 saturated heterocycles. The van der Waals surface area contributed by atoms with Gasteiger partial charge in [0.2, 0.25) is 0 Å². The van der Waals surface area contributed by atoms with E-state index in [2.05, 4.69) is 5.16 Å². The molecule has 8 heteroatoms. The lowest BCUT2D eigenvalue weighted by Crippen LogP contribution is -2.22. The average Bonchev–Trinajstić information content (AvgIpc) is 3.32. The smallest absolute Gasteiger partial charge is 0.337 e. The molecule has 0 bridgehead atoms. The molecule has 1 atom stereocenters. The molecule has 7 nitrogen and oxygen atoms in total. The summed E-state index contributed by atoms with van der Waals surface area (Å²) >= 11 is 0. The predicted octanol–water partition coefficient (Wildman–Crippen LogP) is 3.82. The van der Waals surface area contributed by atoms with E-state index in [0.717, 1.165) is 0 Å². The number of aryl methyl sites for hydroxylation is 1. The van der Waals surface area contributed by atoms with E-state index in [1.807, 2.05) is 13.8 Å². The largest absolute Gasteiger partial charge is 0.508 e. The maximum absolute atomic E-state index is 14.8. The molecule has 158 valence electrons. The standard InChI is InChI=1S/C22H23FN2O5/c1-3-16-19(24-30-21(16)13-5-7-15(26)8-6-13)10-18(23)20(27)9-14-11-25(4-2)12-17(14)22(28)29/h5-8,11-12,18,26H,3-4,9-10H2,1-2H3,(H,28,29). The molecule has 3 rings (SSSR count). The Kier molecular flexibility index (Phi) is 6.34. The fourth-order valence-electron chi connectivity index (χ4n) is 3.36. The molecule has 1 aromatic carbocycles. The summed E-state index contributed by atoms with van der Waals surface area (Å²) in [6.45, 7) is 4.27. The van der Waals surface area contributed by atoms with Crippen molar-refractivity contribution in [3.05, 3.63) is 59.0 Å². The van der Waals surface area contributed by atoms with Crippen LogP contribution in [0.15, 0.2) is 41.2 Å². The monoisotopic (exact) mass is 414 g/mol. The number of halogens is 1. The number of carboxylic acid groups (broad SMARTS) is 1. The number of aromatic hydroxyl groups is 1. The first-order chi connectivity index (χ1) is 14.3. The van der Waals surface area contributed by atoms with Crippen molar-refractivity contribution in [2.24, 2.45) is 0 Å². The number of ketones is 1. The third-order valence-electron chi connectivity index (χ3n) is 5.00. The van der Waals surface area contributed by atoms with E-state index in [-0.39, 0.29) is 29.7 Å². The molecule has 0 saturated carbocycles. The summed E-state index contributed by atoms with van der Waals surface area (Å²) in [5.74, 6) is -1.27. The van der Waals surface area contributed by atoms with Crippen molar-refractivity contribution in [1.82, 2.24) is 9.72 Å². The van der Waals surface area contributed by atoms with Crippen LogP contribution in [0.1, 0.15) is 41.0 Å². The number of carboxylic acids is 1. The third-order valence-corrected chi connectivity index (χ3v) is 5.00. The third kappa shape index (κ3) is 4.42. The van der Waals surface area contributed by atoms with Crippen molar-refractivity contribution in [2.45, 2.75) is 45.8 Å². The summed E-state index contributed by atoms with van der Waals surface area (Å²) in [6, 6.07) is 6.37. The Morgan fingerprint density at radius 3 is 2.50 bits per heavy atom. The number of phenolic OH excluding ortho intramolecular Hbond substituents is 1. The Hall–Kier alpha value is -3.42. The molecule has 0 aliphatic rings. The lowest BCUT2D eigenvalue weighted by atomic mass is 9.98. The Morgan fingerprint density at radius 2 is 1.90 bits per heavy atom. The lowest BCUT2D eigenvalue weighted by Gasteiger charge is -2.07. The van der Waals surface area contributed by atoms with Crippen LogP contribution in [0.4, 0.5) is 4.39 Å². The summed E-state index contributed by atoms with van der Waals surface area (Å²) in [7, 11) is 0. The van der Waals surface area contributed by atoms with E-state index in [0.29, 0.717) is 35.5 Å². The summed E-state index contributed by atoms with van der Waals surface area (Å²) in [5.41, 5.74) is 2.03. The highest BCUT2D eigenvalue weighted by Gasteiger charge is 2.26. The molecule has 0 aliphatic heterocycles. The van der Waals surface area contributed by atoms with E-state index >= 15 is 0 Å². The highest BCUT2D eigenvalue weighted by Crippen LogP contribution is 2.29. The van der Waals surface area contributed by atoms with Crippen LogP contribution < -0.4 is 0 Å². The molecule has 0 aliphatic carbocycles. The maximum Gasteiger partial charge on any atom is 0.337 e. The van der Waals surface area contributed by atoms with Gasteiger partial charge in [-0.05, 0) is 43.2 Å². The zero-order chi connectivity index (χ0) is 21.8. The lowest BCUT2D eigenvalue weighted by molar-refractivity contribution is -0.123. The number of alkyl halides is 1. The minimum atomic E-state index is -1.83. The van der Waals surface area contributed by atoms with Crippen molar-refractivity contribution in [3.63, 3.8) is 0 Å². The summed E-state index contributed by atoms with van der Waals surface area (Å²) in [6.07, 6.45) is 1.14. The van der Waals surface area contributed by atoms with Gasteiger partial charge in [-0.3, -0.25) is 4.79 Å². The highest BCUT2D eigenvalue weighted by atomic mass is 19.1. The SMILES string of the molecule is CCc1c(CC(F)C(=O)Cc2cn(CC)cc2C(=O)O)noc1-c1ccc(O)cc1. The van der Waals surface area contributed by atoms with Gasteiger partial charge < -0.3 is 19.3 Å². The number of aromatic carboxylic acids is 1. The molecule has 2 aromatic heterocycles. The first-order valence-electron chi connectivity index (χ1n) is 9.69. The second-order valence-corrected chi connectivity index (χ2v) is 6.98. The van der Waals surface area contributed by atoms with Gasteiger partial charge in [-0.2, -0.15) is 0 Å². The second kappa shape index (κ2) is 8.94. The Bertz CT molecular complexity index is 1050. The van der Waals surface area contributed by atoms with Crippen LogP contribution in [0, 0.1) is 0 Å². The van der Waals surface area contributed by atoms with Crippen LogP contribution in [0.25, 0.3) is 11.3 Å². The van der Waals surface area contributed by atoms with Crippen LogP contribution in [0.2, 0.25) is 0 Å². The van der Waals surface area contributed by atoms with E-state index in [9.17, 15) is 24.2 Å². The molecular weight excluding hydrogens is 391 g/mol. The number of aromatic nitrogens is 2. The van der Waals surface area contributed by atoms with E-state index in [1.165, 1.54) is 18.3 Å². The molecule has 0 radical (unpaired) electrons. The zero-order valence-electron chi connectivity index (χ0n) is 16.8. The molecule has 0 amide bonds. The zero-order valence-corrected chi connectivity index (χ0v) is 16.8. The maximum atomic E-state index is 14.8. The minimum Gasteiger partial charge on any atom is -0.508 e. The van der Waals surface area contributed by atoms with Gasteiger partial charge in [-0.1, -0.05) is 12.1 Å². The Labute approximate surface area is 172 Å². The van der Waals surface area contributed by atoms with E-state index < -0.39 is 17.9 Å². The van der Waals surface area contributed by atoms with Crippen LogP contribution >= 0.6 is 0 Å². The molecule has 30 heavy (non-hydrogen) atoms. The summed E-state index contributed by atoms with van der Waals surface area (Å²) < 4.78 is 21.8. The summed E-state index contributed by atoms with van der Waals surface area (Å²) in [5, 5.41) is 22.7.